The molecule has 160 valence electrons. The van der Waals surface area contributed by atoms with Crippen molar-refractivity contribution < 1.29 is 22.4 Å². The number of hydrogen-bond acceptors (Lipinski definition) is 2. The van der Waals surface area contributed by atoms with Crippen molar-refractivity contribution >= 4 is 11.7 Å². The van der Waals surface area contributed by atoms with E-state index >= 15 is 0 Å². The minimum absolute atomic E-state index is 0.246. The van der Waals surface area contributed by atoms with E-state index in [4.69, 9.17) is 0 Å². The zero-order valence-corrected chi connectivity index (χ0v) is 16.5. The first-order valence-electron chi connectivity index (χ1n) is 9.70. The van der Waals surface area contributed by atoms with E-state index in [9.17, 15) is 22.4 Å². The van der Waals surface area contributed by atoms with Gasteiger partial charge in [0.1, 0.15) is 11.9 Å². The quantitative estimate of drug-likeness (QED) is 0.523. The summed E-state index contributed by atoms with van der Waals surface area (Å²) in [6.07, 6.45) is -2.30. The molecular weight excluding hydrogens is 410 g/mol. The zero-order chi connectivity index (χ0) is 22.2. The maximum absolute atomic E-state index is 13.2. The average molecular weight is 429 g/mol. The first-order chi connectivity index (χ1) is 14.7. The van der Waals surface area contributed by atoms with E-state index in [2.05, 4.69) is 10.3 Å². The molecule has 31 heavy (non-hydrogen) atoms. The van der Waals surface area contributed by atoms with Crippen molar-refractivity contribution in [2.75, 3.05) is 5.32 Å². The summed E-state index contributed by atoms with van der Waals surface area (Å²) in [7, 11) is 0. The van der Waals surface area contributed by atoms with Gasteiger partial charge in [-0.05, 0) is 66.9 Å². The molecule has 0 fully saturated rings. The molecule has 4 rings (SSSR count). The molecule has 0 saturated heterocycles. The summed E-state index contributed by atoms with van der Waals surface area (Å²) in [5, 5.41) is 2.75. The second-order valence-corrected chi connectivity index (χ2v) is 7.47. The Kier molecular flexibility index (Phi) is 5.39. The number of nitrogens with one attached hydrogen (secondary N) is 1. The van der Waals surface area contributed by atoms with Gasteiger partial charge in [0.15, 0.2) is 0 Å². The summed E-state index contributed by atoms with van der Waals surface area (Å²) in [5.74, 6) is -0.426. The Balaban J connectivity index is 1.73. The number of carbonyl (C=O) groups excluding carboxylic acids is 1. The number of amides is 2. The lowest BCUT2D eigenvalue weighted by atomic mass is 9.88. The van der Waals surface area contributed by atoms with Crippen LogP contribution in [0, 0.1) is 5.82 Å². The van der Waals surface area contributed by atoms with Crippen LogP contribution in [0.2, 0.25) is 0 Å². The number of alkyl halides is 3. The number of aromatic nitrogens is 1. The highest BCUT2D eigenvalue weighted by Crippen LogP contribution is 2.38. The molecule has 2 heterocycles. The van der Waals surface area contributed by atoms with Crippen molar-refractivity contribution in [2.24, 2.45) is 0 Å². The van der Waals surface area contributed by atoms with Crippen LogP contribution >= 0.6 is 0 Å². The topological polar surface area (TPSA) is 45.2 Å². The molecule has 3 aromatic rings. The maximum atomic E-state index is 13.2. The van der Waals surface area contributed by atoms with E-state index in [0.29, 0.717) is 23.4 Å². The highest BCUT2D eigenvalue weighted by atomic mass is 19.4. The molecule has 1 aliphatic heterocycles. The van der Waals surface area contributed by atoms with Gasteiger partial charge in [0, 0.05) is 17.9 Å². The predicted molar refractivity (Wildman–Crippen MR) is 108 cm³/mol. The molecule has 4 nitrogen and oxygen atoms in total. The number of pyridine rings is 1. The lowest BCUT2D eigenvalue weighted by molar-refractivity contribution is -0.137. The minimum Gasteiger partial charge on any atom is -0.309 e. The molecule has 2 amide bonds. The molecular formula is C23H19F4N3O. The Hall–Kier alpha value is -3.42. The van der Waals surface area contributed by atoms with Gasteiger partial charge in [-0.2, -0.15) is 13.2 Å². The van der Waals surface area contributed by atoms with Crippen LogP contribution in [0.3, 0.4) is 0 Å². The fraction of sp³-hybridized carbons (Fsp3) is 0.217. The van der Waals surface area contributed by atoms with Crippen LogP contribution in [0.15, 0.2) is 66.9 Å². The third-order valence-electron chi connectivity index (χ3n) is 5.34. The number of benzene rings is 2. The van der Waals surface area contributed by atoms with Crippen LogP contribution in [-0.4, -0.2) is 22.0 Å². The van der Waals surface area contributed by atoms with Crippen LogP contribution in [0.1, 0.15) is 35.3 Å². The zero-order valence-electron chi connectivity index (χ0n) is 16.5. The third-order valence-corrected chi connectivity index (χ3v) is 5.34. The van der Waals surface area contributed by atoms with Crippen molar-refractivity contribution in [2.45, 2.75) is 31.6 Å². The smallest absolute Gasteiger partial charge is 0.309 e. The van der Waals surface area contributed by atoms with Gasteiger partial charge in [0.05, 0.1) is 11.3 Å². The highest BCUT2D eigenvalue weighted by Gasteiger charge is 2.38. The number of fused-ring (bicyclic) bond motifs is 1. The molecule has 0 aliphatic carbocycles. The van der Waals surface area contributed by atoms with Gasteiger partial charge in [-0.1, -0.05) is 18.2 Å². The normalized spacial score (nSPS) is 18.4. The van der Waals surface area contributed by atoms with Gasteiger partial charge in [-0.3, -0.25) is 4.98 Å². The number of halogens is 4. The Morgan fingerprint density at radius 2 is 1.74 bits per heavy atom. The summed E-state index contributed by atoms with van der Waals surface area (Å²) < 4.78 is 52.3. The summed E-state index contributed by atoms with van der Waals surface area (Å²) in [5.41, 5.74) is 1.73. The largest absolute Gasteiger partial charge is 0.416 e. The third kappa shape index (κ3) is 4.23. The van der Waals surface area contributed by atoms with Crippen LogP contribution in [0.4, 0.5) is 28.0 Å². The molecule has 8 heteroatoms. The van der Waals surface area contributed by atoms with Crippen molar-refractivity contribution in [3.63, 3.8) is 0 Å². The monoisotopic (exact) mass is 429 g/mol. The number of anilines is 1. The first-order valence-corrected chi connectivity index (χ1v) is 9.70. The number of rotatable bonds is 2. The Morgan fingerprint density at radius 1 is 1.06 bits per heavy atom. The number of carbonyl (C=O) groups is 1. The molecule has 1 N–H and O–H groups in total. The second kappa shape index (κ2) is 8.02. The SMILES string of the molecule is C[C@@H]1Cc2cccnc2C(c2ccc(C(F)(F)F)cc2)N1C(=O)Nc1ccc(F)cc1. The lowest BCUT2D eigenvalue weighted by Gasteiger charge is -2.41. The lowest BCUT2D eigenvalue weighted by Crippen LogP contribution is -2.48. The Morgan fingerprint density at radius 3 is 2.39 bits per heavy atom. The van der Waals surface area contributed by atoms with Crippen molar-refractivity contribution in [1.29, 1.82) is 0 Å². The Labute approximate surface area is 176 Å². The van der Waals surface area contributed by atoms with E-state index in [0.717, 1.165) is 17.7 Å². The van der Waals surface area contributed by atoms with Crippen LogP contribution in [0.25, 0.3) is 0 Å². The Bertz CT molecular complexity index is 1080. The number of nitrogens with zero attached hydrogens (tertiary/aromatic N) is 2. The summed E-state index contributed by atoms with van der Waals surface area (Å²) >= 11 is 0. The van der Waals surface area contributed by atoms with E-state index in [1.165, 1.54) is 36.4 Å². The van der Waals surface area contributed by atoms with Gasteiger partial charge in [0.25, 0.3) is 0 Å². The summed E-state index contributed by atoms with van der Waals surface area (Å²) in [4.78, 5) is 19.2. The van der Waals surface area contributed by atoms with Crippen LogP contribution < -0.4 is 5.32 Å². The number of urea groups is 1. The van der Waals surface area contributed by atoms with Gasteiger partial charge in [0.2, 0.25) is 0 Å². The van der Waals surface area contributed by atoms with Crippen LogP contribution in [0.5, 0.6) is 0 Å². The summed E-state index contributed by atoms with van der Waals surface area (Å²) in [6.45, 7) is 1.87. The van der Waals surface area contributed by atoms with Gasteiger partial charge < -0.3 is 10.2 Å². The van der Waals surface area contributed by atoms with Crippen LogP contribution in [-0.2, 0) is 12.6 Å². The van der Waals surface area contributed by atoms with E-state index in [1.54, 1.807) is 17.2 Å². The second-order valence-electron chi connectivity index (χ2n) is 7.47. The molecule has 0 bridgehead atoms. The van der Waals surface area contributed by atoms with Gasteiger partial charge in [-0.15, -0.1) is 0 Å². The highest BCUT2D eigenvalue weighted by molar-refractivity contribution is 5.90. The van der Waals surface area contributed by atoms with Crippen molar-refractivity contribution in [3.8, 4) is 0 Å². The first kappa shape index (κ1) is 20.8. The predicted octanol–water partition coefficient (Wildman–Crippen LogP) is 5.81. The van der Waals surface area contributed by atoms with E-state index in [-0.39, 0.29) is 6.04 Å². The minimum atomic E-state index is -4.45. The van der Waals surface area contributed by atoms with Gasteiger partial charge >= 0.3 is 12.2 Å². The molecule has 2 atom stereocenters. The maximum Gasteiger partial charge on any atom is 0.416 e. The van der Waals surface area contributed by atoms with E-state index in [1.807, 2.05) is 13.0 Å². The fourth-order valence-corrected chi connectivity index (χ4v) is 3.88. The van der Waals surface area contributed by atoms with Crippen molar-refractivity contribution in [3.05, 3.63) is 95.1 Å². The average Bonchev–Trinajstić information content (AvgIpc) is 2.74. The fourth-order valence-electron chi connectivity index (χ4n) is 3.88. The molecule has 0 spiro atoms. The summed E-state index contributed by atoms with van der Waals surface area (Å²) in [6, 6.07) is 12.5. The molecule has 1 unspecified atom stereocenters. The number of hydrogen-bond donors (Lipinski definition) is 1. The molecule has 0 saturated carbocycles. The molecule has 1 aromatic heterocycles. The molecule has 1 aliphatic rings. The molecule has 2 aromatic carbocycles. The van der Waals surface area contributed by atoms with E-state index < -0.39 is 29.6 Å². The molecule has 0 radical (unpaired) electrons. The van der Waals surface area contributed by atoms with Crippen molar-refractivity contribution in [1.82, 2.24) is 9.88 Å². The van der Waals surface area contributed by atoms with Gasteiger partial charge in [-0.25, -0.2) is 9.18 Å². The standard InChI is InChI=1S/C23H19F4N3O/c1-14-13-16-3-2-12-28-20(16)21(15-4-6-17(7-5-15)23(25,26)27)30(14)22(31)29-19-10-8-18(24)9-11-19/h2-12,14,21H,13H2,1H3,(H,29,31)/t14-,21?/m1/s1.